The molecule has 0 atom stereocenters. The Hall–Kier alpha value is -0.170. The van der Waals surface area contributed by atoms with E-state index in [0.29, 0.717) is 0 Å². The monoisotopic (exact) mass is 214 g/mol. The van der Waals surface area contributed by atoms with Gasteiger partial charge in [0.25, 0.3) is 0 Å². The predicted molar refractivity (Wildman–Crippen MR) is 64.8 cm³/mol. The summed E-state index contributed by atoms with van der Waals surface area (Å²) in [5.74, 6) is 3.02. The van der Waals surface area contributed by atoms with Crippen LogP contribution in [-0.4, -0.2) is 6.26 Å². The van der Waals surface area contributed by atoms with E-state index in [1.807, 2.05) is 36.6 Å². The van der Waals surface area contributed by atoms with Crippen LogP contribution in [0.5, 0.6) is 0 Å². The average molecular weight is 214 g/mol. The minimum absolute atomic E-state index is 1.01. The third-order valence-corrected chi connectivity index (χ3v) is 2.20. The maximum Gasteiger partial charge on any atom is 0.0254 e. The van der Waals surface area contributed by atoms with Gasteiger partial charge >= 0.3 is 0 Å². The lowest BCUT2D eigenvalue weighted by Gasteiger charge is -2.11. The van der Waals surface area contributed by atoms with E-state index in [1.54, 1.807) is 0 Å². The first kappa shape index (κ1) is 9.91. The summed E-state index contributed by atoms with van der Waals surface area (Å²) in [6.07, 6.45) is 1.93. The van der Waals surface area contributed by atoms with Crippen molar-refractivity contribution in [3.63, 3.8) is 0 Å². The van der Waals surface area contributed by atoms with Gasteiger partial charge in [-0.05, 0) is 23.6 Å². The van der Waals surface area contributed by atoms with Crippen LogP contribution in [0, 0.1) is 11.2 Å². The molecule has 0 amide bonds. The molecule has 64 valence electrons. The van der Waals surface area contributed by atoms with E-state index in [1.165, 1.54) is 0 Å². The molecule has 12 heavy (non-hydrogen) atoms. The van der Waals surface area contributed by atoms with Crippen LogP contribution in [0.3, 0.4) is 0 Å². The highest BCUT2D eigenvalue weighted by molar-refractivity contribution is 9.19. The number of thiol groups is 2. The van der Waals surface area contributed by atoms with Crippen LogP contribution >= 0.6 is 31.4 Å². The molecule has 1 rings (SSSR count). The van der Waals surface area contributed by atoms with E-state index in [4.69, 9.17) is 0 Å². The highest BCUT2D eigenvalue weighted by Gasteiger charge is 1.97. The fourth-order valence-corrected chi connectivity index (χ4v) is 1.26. The van der Waals surface area contributed by atoms with E-state index >= 15 is 0 Å². The number of hydrogen-bond donors (Lipinski definition) is 2. The Morgan fingerprint density at radius 1 is 1.17 bits per heavy atom. The van der Waals surface area contributed by atoms with E-state index in [2.05, 4.69) is 34.5 Å². The Bertz CT molecular complexity index is 300. The van der Waals surface area contributed by atoms with Crippen molar-refractivity contribution in [3.05, 3.63) is 35.9 Å². The van der Waals surface area contributed by atoms with Crippen LogP contribution in [0.15, 0.2) is 30.3 Å². The second kappa shape index (κ2) is 4.18. The third kappa shape index (κ3) is 4.01. The summed E-state index contributed by atoms with van der Waals surface area (Å²) in [6, 6.07) is 9.85. The van der Waals surface area contributed by atoms with Crippen molar-refractivity contribution in [1.82, 2.24) is 0 Å². The van der Waals surface area contributed by atoms with Gasteiger partial charge in [-0.15, -0.1) is 23.3 Å². The molecule has 0 fully saturated rings. The molecule has 0 aliphatic carbocycles. The summed E-state index contributed by atoms with van der Waals surface area (Å²) in [5.41, 5.74) is 1.01. The van der Waals surface area contributed by atoms with Crippen LogP contribution in [0.2, 0.25) is 0 Å². The molecule has 0 radical (unpaired) electrons. The molecule has 0 nitrogen and oxygen atoms in total. The van der Waals surface area contributed by atoms with Crippen LogP contribution in [0.1, 0.15) is 5.56 Å². The summed E-state index contributed by atoms with van der Waals surface area (Å²) in [7, 11) is -1.29. The van der Waals surface area contributed by atoms with Crippen molar-refractivity contribution in [3.8, 4) is 11.2 Å². The van der Waals surface area contributed by atoms with Crippen molar-refractivity contribution in [1.29, 1.82) is 0 Å². The van der Waals surface area contributed by atoms with Crippen LogP contribution in [0.25, 0.3) is 0 Å². The van der Waals surface area contributed by atoms with Gasteiger partial charge in [0.1, 0.15) is 0 Å². The normalized spacial score (nSPS) is 11.6. The summed E-state index contributed by atoms with van der Waals surface area (Å²) >= 11 is 8.52. The van der Waals surface area contributed by atoms with Crippen LogP contribution in [-0.2, 0) is 0 Å². The molecule has 0 bridgehead atoms. The molecule has 1 aromatic carbocycles. The van der Waals surface area contributed by atoms with E-state index in [0.717, 1.165) is 5.56 Å². The second-order valence-corrected chi connectivity index (χ2v) is 9.54. The summed E-state index contributed by atoms with van der Waals surface area (Å²) in [4.78, 5) is 0. The van der Waals surface area contributed by atoms with Gasteiger partial charge in [0, 0.05) is 5.56 Å². The predicted octanol–water partition coefficient (Wildman–Crippen LogP) is 3.12. The Morgan fingerprint density at radius 2 is 1.75 bits per heavy atom. The minimum Gasteiger partial charge on any atom is -0.110 e. The van der Waals surface area contributed by atoms with Gasteiger partial charge in [0.2, 0.25) is 0 Å². The van der Waals surface area contributed by atoms with Gasteiger partial charge < -0.3 is 0 Å². The third-order valence-electron chi connectivity index (χ3n) is 1.16. The lowest BCUT2D eigenvalue weighted by molar-refractivity contribution is 1.65. The Labute approximate surface area is 84.7 Å². The molecule has 0 N–H and O–H groups in total. The SMILES string of the molecule is CS(S)(S)C#Cc1ccccc1. The highest BCUT2D eigenvalue weighted by Crippen LogP contribution is 2.52. The minimum atomic E-state index is -1.29. The van der Waals surface area contributed by atoms with Crippen molar-refractivity contribution < 1.29 is 0 Å². The lowest BCUT2D eigenvalue weighted by Crippen LogP contribution is -1.73. The number of hydrogen-bond acceptors (Lipinski definition) is 2. The molecule has 0 saturated heterocycles. The maximum absolute atomic E-state index is 4.26. The highest BCUT2D eigenvalue weighted by atomic mass is 33.5. The summed E-state index contributed by atoms with van der Waals surface area (Å²) in [5, 5.41) is 3.00. The Balaban J connectivity index is 2.81. The van der Waals surface area contributed by atoms with Gasteiger partial charge in [-0.2, -0.15) is 0 Å². The number of benzene rings is 1. The molecule has 0 unspecified atom stereocenters. The largest absolute Gasteiger partial charge is 0.110 e. The van der Waals surface area contributed by atoms with Crippen LogP contribution < -0.4 is 0 Å². The fraction of sp³-hybridized carbons (Fsp3) is 0.111. The molecular formula is C9H10S3. The first-order valence-electron chi connectivity index (χ1n) is 3.39. The molecule has 3 heteroatoms. The molecule has 0 saturated carbocycles. The lowest BCUT2D eigenvalue weighted by atomic mass is 10.2. The first-order valence-corrected chi connectivity index (χ1v) is 7.53. The Kier molecular flexibility index (Phi) is 3.45. The number of rotatable bonds is 0. The van der Waals surface area contributed by atoms with E-state index < -0.39 is 8.09 Å². The van der Waals surface area contributed by atoms with Crippen molar-refractivity contribution in [2.24, 2.45) is 0 Å². The molecule has 0 aliphatic heterocycles. The van der Waals surface area contributed by atoms with Crippen molar-refractivity contribution in [2.75, 3.05) is 6.26 Å². The average Bonchev–Trinajstić information content (AvgIpc) is 2.02. The zero-order valence-electron chi connectivity index (χ0n) is 6.69. The van der Waals surface area contributed by atoms with E-state index in [-0.39, 0.29) is 0 Å². The van der Waals surface area contributed by atoms with Crippen molar-refractivity contribution >= 4 is 31.4 Å². The van der Waals surface area contributed by atoms with Gasteiger partial charge in [-0.1, -0.05) is 32.2 Å². The van der Waals surface area contributed by atoms with Gasteiger partial charge in [0.15, 0.2) is 0 Å². The molecular weight excluding hydrogens is 204 g/mol. The zero-order chi connectivity index (χ0) is 9.03. The summed E-state index contributed by atoms with van der Waals surface area (Å²) in [6.45, 7) is 0. The standard InChI is InChI=1S/C9H10S3/c1-12(10,11)8-7-9-5-3-2-4-6-9/h2-6,10-11H,1H3. The second-order valence-electron chi connectivity index (χ2n) is 2.43. The molecule has 0 aliphatic rings. The smallest absolute Gasteiger partial charge is 0.0254 e. The van der Waals surface area contributed by atoms with Gasteiger partial charge in [-0.25, -0.2) is 0 Å². The van der Waals surface area contributed by atoms with Crippen LogP contribution in [0.4, 0.5) is 0 Å². The molecule has 0 aromatic heterocycles. The molecule has 1 aromatic rings. The zero-order valence-corrected chi connectivity index (χ0v) is 9.29. The molecule has 0 spiro atoms. The molecule has 0 heterocycles. The first-order chi connectivity index (χ1) is 5.58. The quantitative estimate of drug-likeness (QED) is 0.370. The Morgan fingerprint density at radius 3 is 2.25 bits per heavy atom. The van der Waals surface area contributed by atoms with Crippen molar-refractivity contribution in [2.45, 2.75) is 0 Å². The topological polar surface area (TPSA) is 0 Å². The van der Waals surface area contributed by atoms with Gasteiger partial charge in [0.05, 0.1) is 0 Å². The van der Waals surface area contributed by atoms with E-state index in [9.17, 15) is 0 Å². The summed E-state index contributed by atoms with van der Waals surface area (Å²) < 4.78 is 0. The fourth-order valence-electron chi connectivity index (χ4n) is 0.677. The van der Waals surface area contributed by atoms with Gasteiger partial charge in [-0.3, -0.25) is 0 Å². The maximum atomic E-state index is 4.26.